The Balaban J connectivity index is 2.30. The third-order valence-electron chi connectivity index (χ3n) is 2.95. The molecule has 0 aliphatic heterocycles. The van der Waals surface area contributed by atoms with Crippen LogP contribution in [0.3, 0.4) is 0 Å². The van der Waals surface area contributed by atoms with Crippen LogP contribution in [0, 0.1) is 13.8 Å². The topological polar surface area (TPSA) is 67.2 Å². The van der Waals surface area contributed by atoms with Crippen LogP contribution in [0.5, 0.6) is 0 Å². The van der Waals surface area contributed by atoms with E-state index >= 15 is 0 Å². The number of hydrogen-bond acceptors (Lipinski definition) is 3. The number of nitrogen functional groups attached to an aromatic ring is 1. The zero-order chi connectivity index (χ0) is 14.7. The van der Waals surface area contributed by atoms with E-state index in [9.17, 15) is 4.79 Å². The molecule has 0 saturated heterocycles. The van der Waals surface area contributed by atoms with Crippen molar-refractivity contribution in [2.24, 2.45) is 5.84 Å². The predicted molar refractivity (Wildman–Crippen MR) is 85.8 cm³/mol. The highest BCUT2D eigenvalue weighted by Gasteiger charge is 2.12. The summed E-state index contributed by atoms with van der Waals surface area (Å²) in [7, 11) is 0. The maximum atomic E-state index is 12.3. The average molecular weight is 334 g/mol. The smallest absolute Gasteiger partial charge is 0.257 e. The van der Waals surface area contributed by atoms with Gasteiger partial charge in [0.25, 0.3) is 5.91 Å². The summed E-state index contributed by atoms with van der Waals surface area (Å²) >= 11 is 3.42. The summed E-state index contributed by atoms with van der Waals surface area (Å²) in [5, 5.41) is 2.88. The van der Waals surface area contributed by atoms with Gasteiger partial charge in [0, 0.05) is 4.47 Å². The minimum atomic E-state index is -0.204. The minimum Gasteiger partial charge on any atom is -0.323 e. The van der Waals surface area contributed by atoms with Crippen molar-refractivity contribution in [2.75, 3.05) is 10.7 Å². The largest absolute Gasteiger partial charge is 0.323 e. The first-order valence-corrected chi connectivity index (χ1v) is 6.95. The lowest BCUT2D eigenvalue weighted by molar-refractivity contribution is 0.102. The lowest BCUT2D eigenvalue weighted by Crippen LogP contribution is -2.17. The van der Waals surface area contributed by atoms with Crippen molar-refractivity contribution < 1.29 is 4.79 Å². The van der Waals surface area contributed by atoms with Crippen LogP contribution in [0.25, 0.3) is 0 Å². The third kappa shape index (κ3) is 3.18. The molecule has 2 aromatic rings. The van der Waals surface area contributed by atoms with Crippen molar-refractivity contribution in [2.45, 2.75) is 13.8 Å². The van der Waals surface area contributed by atoms with Gasteiger partial charge in [-0.3, -0.25) is 10.6 Å². The zero-order valence-electron chi connectivity index (χ0n) is 11.3. The molecule has 0 aliphatic rings. The van der Waals surface area contributed by atoms with Gasteiger partial charge in [-0.05, 0) is 65.2 Å². The van der Waals surface area contributed by atoms with Gasteiger partial charge in [-0.15, -0.1) is 0 Å². The van der Waals surface area contributed by atoms with Gasteiger partial charge in [0.05, 0.1) is 16.9 Å². The van der Waals surface area contributed by atoms with Crippen LogP contribution in [-0.2, 0) is 0 Å². The molecule has 0 spiro atoms. The second kappa shape index (κ2) is 6.07. The molecule has 20 heavy (non-hydrogen) atoms. The molecular formula is C15H16BrN3O. The Labute approximate surface area is 126 Å². The van der Waals surface area contributed by atoms with Crippen molar-refractivity contribution in [3.63, 3.8) is 0 Å². The van der Waals surface area contributed by atoms with Gasteiger partial charge in [0.1, 0.15) is 0 Å². The van der Waals surface area contributed by atoms with Gasteiger partial charge in [0.15, 0.2) is 0 Å². The molecule has 1 amide bonds. The van der Waals surface area contributed by atoms with Crippen LogP contribution in [0.15, 0.2) is 40.9 Å². The Hall–Kier alpha value is -1.85. The monoisotopic (exact) mass is 333 g/mol. The van der Waals surface area contributed by atoms with E-state index in [1.807, 2.05) is 44.2 Å². The Morgan fingerprint density at radius 2 is 1.65 bits per heavy atom. The van der Waals surface area contributed by atoms with Crippen molar-refractivity contribution in [3.8, 4) is 0 Å². The van der Waals surface area contributed by atoms with Crippen LogP contribution in [0.2, 0.25) is 0 Å². The number of carbonyl (C=O) groups is 1. The summed E-state index contributed by atoms with van der Waals surface area (Å²) in [4.78, 5) is 12.3. The fourth-order valence-corrected chi connectivity index (χ4v) is 2.25. The number of benzene rings is 2. The number of hydrazine groups is 1. The predicted octanol–water partition coefficient (Wildman–Crippen LogP) is 3.60. The Kier molecular flexibility index (Phi) is 4.42. The number of aryl methyl sites for hydroxylation is 2. The quantitative estimate of drug-likeness (QED) is 0.593. The molecule has 0 aromatic heterocycles. The molecule has 0 aliphatic carbocycles. The van der Waals surface area contributed by atoms with Crippen molar-refractivity contribution in [3.05, 3.63) is 57.6 Å². The van der Waals surface area contributed by atoms with E-state index in [4.69, 9.17) is 5.84 Å². The SMILES string of the molecule is Cc1ccc(Br)c(NC(=O)c2ccc(C)cc2NN)c1. The number of anilines is 2. The second-order valence-electron chi connectivity index (χ2n) is 4.63. The average Bonchev–Trinajstić information content (AvgIpc) is 2.42. The Morgan fingerprint density at radius 1 is 1.05 bits per heavy atom. The zero-order valence-corrected chi connectivity index (χ0v) is 12.9. The van der Waals surface area contributed by atoms with E-state index in [1.165, 1.54) is 0 Å². The number of rotatable bonds is 3. The molecule has 0 heterocycles. The molecule has 0 fully saturated rings. The standard InChI is InChI=1S/C15H16BrN3O/c1-9-3-5-11(13(7-9)19-17)15(20)18-14-8-10(2)4-6-12(14)16/h3-8,19H,17H2,1-2H3,(H,18,20). The van der Waals surface area contributed by atoms with E-state index < -0.39 is 0 Å². The van der Waals surface area contributed by atoms with Gasteiger partial charge < -0.3 is 10.7 Å². The van der Waals surface area contributed by atoms with Crippen LogP contribution in [0.1, 0.15) is 21.5 Å². The van der Waals surface area contributed by atoms with Gasteiger partial charge in [-0.2, -0.15) is 0 Å². The molecule has 0 radical (unpaired) electrons. The number of hydrogen-bond donors (Lipinski definition) is 3. The highest BCUT2D eigenvalue weighted by Crippen LogP contribution is 2.25. The fourth-order valence-electron chi connectivity index (χ4n) is 1.90. The lowest BCUT2D eigenvalue weighted by Gasteiger charge is -2.12. The van der Waals surface area contributed by atoms with Crippen molar-refractivity contribution in [1.82, 2.24) is 0 Å². The number of carbonyl (C=O) groups excluding carboxylic acids is 1. The lowest BCUT2D eigenvalue weighted by atomic mass is 10.1. The second-order valence-corrected chi connectivity index (χ2v) is 5.49. The summed E-state index contributed by atoms with van der Waals surface area (Å²) < 4.78 is 0.839. The van der Waals surface area contributed by atoms with E-state index in [0.717, 1.165) is 21.3 Å². The molecule has 0 bridgehead atoms. The van der Waals surface area contributed by atoms with Gasteiger partial charge in [-0.1, -0.05) is 12.1 Å². The molecule has 5 heteroatoms. The molecule has 4 nitrogen and oxygen atoms in total. The first-order valence-electron chi connectivity index (χ1n) is 6.16. The van der Waals surface area contributed by atoms with Crippen LogP contribution in [-0.4, -0.2) is 5.91 Å². The van der Waals surface area contributed by atoms with Crippen molar-refractivity contribution >= 4 is 33.2 Å². The number of nitrogens with two attached hydrogens (primary N) is 1. The fraction of sp³-hybridized carbons (Fsp3) is 0.133. The van der Waals surface area contributed by atoms with E-state index in [1.54, 1.807) is 6.07 Å². The van der Waals surface area contributed by atoms with Crippen molar-refractivity contribution in [1.29, 1.82) is 0 Å². The molecule has 2 rings (SSSR count). The van der Waals surface area contributed by atoms with Crippen LogP contribution < -0.4 is 16.6 Å². The third-order valence-corrected chi connectivity index (χ3v) is 3.64. The number of halogens is 1. The van der Waals surface area contributed by atoms with Gasteiger partial charge >= 0.3 is 0 Å². The summed E-state index contributed by atoms with van der Waals surface area (Å²) in [6.45, 7) is 3.92. The summed E-state index contributed by atoms with van der Waals surface area (Å²) in [6, 6.07) is 11.2. The molecule has 0 saturated carbocycles. The highest BCUT2D eigenvalue weighted by molar-refractivity contribution is 9.10. The molecular weight excluding hydrogens is 318 g/mol. The molecule has 104 valence electrons. The molecule has 4 N–H and O–H groups in total. The summed E-state index contributed by atoms with van der Waals surface area (Å²) in [5.74, 6) is 5.26. The normalized spacial score (nSPS) is 10.2. The van der Waals surface area contributed by atoms with Crippen LogP contribution in [0.4, 0.5) is 11.4 Å². The van der Waals surface area contributed by atoms with E-state index in [2.05, 4.69) is 26.7 Å². The first-order chi connectivity index (χ1) is 9.51. The van der Waals surface area contributed by atoms with Gasteiger partial charge in [-0.25, -0.2) is 0 Å². The number of nitrogens with one attached hydrogen (secondary N) is 2. The summed E-state index contributed by atoms with van der Waals surface area (Å²) in [6.07, 6.45) is 0. The van der Waals surface area contributed by atoms with Crippen LogP contribution >= 0.6 is 15.9 Å². The maximum Gasteiger partial charge on any atom is 0.257 e. The number of amides is 1. The van der Waals surface area contributed by atoms with E-state index in [0.29, 0.717) is 11.3 Å². The Morgan fingerprint density at radius 3 is 2.30 bits per heavy atom. The van der Waals surface area contributed by atoms with Gasteiger partial charge in [0.2, 0.25) is 0 Å². The first kappa shape index (κ1) is 14.6. The molecule has 2 aromatic carbocycles. The Bertz CT molecular complexity index is 656. The highest BCUT2D eigenvalue weighted by atomic mass is 79.9. The summed E-state index contributed by atoms with van der Waals surface area (Å²) in [5.41, 5.74) is 6.51. The van der Waals surface area contributed by atoms with E-state index in [-0.39, 0.29) is 5.91 Å². The minimum absolute atomic E-state index is 0.204. The molecule has 0 unspecified atom stereocenters. The maximum absolute atomic E-state index is 12.3. The molecule has 0 atom stereocenters.